The SMILES string of the molecule is Cc1cccc(N)n1.Nc1nccs1. The Morgan fingerprint density at radius 3 is 2.36 bits per heavy atom. The van der Waals surface area contributed by atoms with E-state index in [1.54, 1.807) is 12.3 Å². The molecule has 2 rings (SSSR count). The number of rotatable bonds is 0. The zero-order valence-electron chi connectivity index (χ0n) is 7.84. The number of thiazole rings is 1. The van der Waals surface area contributed by atoms with Crippen LogP contribution in [0.2, 0.25) is 0 Å². The van der Waals surface area contributed by atoms with Crippen LogP contribution < -0.4 is 11.5 Å². The van der Waals surface area contributed by atoms with Crippen molar-refractivity contribution in [3.63, 3.8) is 0 Å². The summed E-state index contributed by atoms with van der Waals surface area (Å²) in [5, 5.41) is 2.48. The van der Waals surface area contributed by atoms with Crippen molar-refractivity contribution in [1.29, 1.82) is 0 Å². The molecule has 0 aliphatic carbocycles. The van der Waals surface area contributed by atoms with Gasteiger partial charge in [-0.15, -0.1) is 11.3 Å². The maximum Gasteiger partial charge on any atom is 0.179 e. The Balaban J connectivity index is 0.000000146. The van der Waals surface area contributed by atoms with Crippen molar-refractivity contribution in [1.82, 2.24) is 9.97 Å². The molecular weight excluding hydrogens is 196 g/mol. The summed E-state index contributed by atoms with van der Waals surface area (Å²) in [5.74, 6) is 0.588. The van der Waals surface area contributed by atoms with E-state index in [4.69, 9.17) is 11.5 Å². The van der Waals surface area contributed by atoms with Gasteiger partial charge in [-0.1, -0.05) is 6.07 Å². The normalized spacial score (nSPS) is 8.93. The standard InChI is InChI=1S/C6H8N2.C3H4N2S/c1-5-3-2-4-6(7)8-5;4-3-5-1-2-6-3/h2-4H,1H3,(H2,7,8);1-2H,(H2,4,5). The van der Waals surface area contributed by atoms with Gasteiger partial charge in [-0.2, -0.15) is 0 Å². The first-order valence-electron chi connectivity index (χ1n) is 4.02. The second-order valence-corrected chi connectivity index (χ2v) is 3.50. The molecule has 0 aromatic carbocycles. The summed E-state index contributed by atoms with van der Waals surface area (Å²) in [5.41, 5.74) is 11.5. The van der Waals surface area contributed by atoms with Crippen LogP contribution in [0.3, 0.4) is 0 Å². The molecule has 0 saturated carbocycles. The summed E-state index contributed by atoms with van der Waals surface area (Å²) in [6.45, 7) is 1.91. The Kier molecular flexibility index (Phi) is 3.87. The van der Waals surface area contributed by atoms with Crippen molar-refractivity contribution >= 4 is 22.3 Å². The van der Waals surface area contributed by atoms with Crippen molar-refractivity contribution in [2.75, 3.05) is 11.5 Å². The fraction of sp³-hybridized carbons (Fsp3) is 0.111. The van der Waals surface area contributed by atoms with E-state index >= 15 is 0 Å². The Morgan fingerprint density at radius 1 is 1.29 bits per heavy atom. The van der Waals surface area contributed by atoms with E-state index < -0.39 is 0 Å². The zero-order valence-corrected chi connectivity index (χ0v) is 8.66. The van der Waals surface area contributed by atoms with Crippen molar-refractivity contribution in [2.24, 2.45) is 0 Å². The van der Waals surface area contributed by atoms with Gasteiger partial charge in [0.1, 0.15) is 5.82 Å². The fourth-order valence-electron chi connectivity index (χ4n) is 0.799. The minimum Gasteiger partial charge on any atom is -0.384 e. The molecule has 5 heteroatoms. The number of nitrogens with zero attached hydrogens (tertiary/aromatic N) is 2. The molecule has 4 N–H and O–H groups in total. The molecule has 0 aliphatic rings. The first-order chi connectivity index (χ1) is 6.68. The summed E-state index contributed by atoms with van der Waals surface area (Å²) in [4.78, 5) is 7.66. The lowest BCUT2D eigenvalue weighted by Crippen LogP contribution is -1.89. The molecule has 0 saturated heterocycles. The Labute approximate surface area is 86.6 Å². The molecule has 0 atom stereocenters. The van der Waals surface area contributed by atoms with Gasteiger partial charge in [0.05, 0.1) is 0 Å². The first kappa shape index (κ1) is 10.5. The predicted molar refractivity (Wildman–Crippen MR) is 59.9 cm³/mol. The molecule has 0 aliphatic heterocycles. The molecule has 0 amide bonds. The van der Waals surface area contributed by atoms with Crippen LogP contribution in [0.25, 0.3) is 0 Å². The van der Waals surface area contributed by atoms with Gasteiger partial charge in [-0.3, -0.25) is 0 Å². The second-order valence-electron chi connectivity index (χ2n) is 2.57. The molecule has 14 heavy (non-hydrogen) atoms. The highest BCUT2D eigenvalue weighted by Crippen LogP contribution is 2.02. The van der Waals surface area contributed by atoms with Crippen LogP contribution in [0, 0.1) is 6.92 Å². The van der Waals surface area contributed by atoms with Crippen molar-refractivity contribution in [3.05, 3.63) is 35.5 Å². The summed E-state index contributed by atoms with van der Waals surface area (Å²) in [6.07, 6.45) is 1.68. The topological polar surface area (TPSA) is 77.8 Å². The van der Waals surface area contributed by atoms with E-state index in [0.717, 1.165) is 5.69 Å². The van der Waals surface area contributed by atoms with E-state index in [9.17, 15) is 0 Å². The molecule has 0 radical (unpaired) electrons. The largest absolute Gasteiger partial charge is 0.384 e. The van der Waals surface area contributed by atoms with Crippen LogP contribution in [0.15, 0.2) is 29.8 Å². The highest BCUT2D eigenvalue weighted by Gasteiger charge is 1.82. The fourth-order valence-corrected chi connectivity index (χ4v) is 1.18. The van der Waals surface area contributed by atoms with Crippen molar-refractivity contribution in [2.45, 2.75) is 6.92 Å². The molecule has 2 aromatic heterocycles. The maximum absolute atomic E-state index is 5.35. The minimum atomic E-state index is 0.588. The summed E-state index contributed by atoms with van der Waals surface area (Å²) < 4.78 is 0. The summed E-state index contributed by atoms with van der Waals surface area (Å²) in [7, 11) is 0. The Hall–Kier alpha value is -1.62. The highest BCUT2D eigenvalue weighted by molar-refractivity contribution is 7.13. The van der Waals surface area contributed by atoms with Crippen LogP contribution >= 0.6 is 11.3 Å². The van der Waals surface area contributed by atoms with Gasteiger partial charge in [-0.05, 0) is 19.1 Å². The smallest absolute Gasteiger partial charge is 0.179 e. The zero-order chi connectivity index (χ0) is 10.4. The summed E-state index contributed by atoms with van der Waals surface area (Å²) >= 11 is 1.44. The lowest BCUT2D eigenvalue weighted by atomic mass is 10.4. The highest BCUT2D eigenvalue weighted by atomic mass is 32.1. The van der Waals surface area contributed by atoms with Crippen LogP contribution in [-0.2, 0) is 0 Å². The number of nitrogen functional groups attached to an aromatic ring is 2. The molecule has 2 aromatic rings. The molecule has 4 nitrogen and oxygen atoms in total. The van der Waals surface area contributed by atoms with Crippen LogP contribution in [-0.4, -0.2) is 9.97 Å². The third-order valence-electron chi connectivity index (χ3n) is 1.36. The molecule has 0 unspecified atom stereocenters. The third-order valence-corrected chi connectivity index (χ3v) is 1.97. The number of anilines is 2. The first-order valence-corrected chi connectivity index (χ1v) is 4.90. The quantitative estimate of drug-likeness (QED) is 0.690. The number of aryl methyl sites for hydroxylation is 1. The summed E-state index contributed by atoms with van der Waals surface area (Å²) in [6, 6.07) is 5.57. The van der Waals surface area contributed by atoms with E-state index in [2.05, 4.69) is 9.97 Å². The number of aromatic nitrogens is 2. The van der Waals surface area contributed by atoms with Gasteiger partial charge in [-0.25, -0.2) is 9.97 Å². The average Bonchev–Trinajstić information content (AvgIpc) is 2.56. The number of pyridine rings is 1. The van der Waals surface area contributed by atoms with Crippen LogP contribution in [0.1, 0.15) is 5.69 Å². The van der Waals surface area contributed by atoms with Gasteiger partial charge in [0.15, 0.2) is 5.13 Å². The van der Waals surface area contributed by atoms with Crippen molar-refractivity contribution < 1.29 is 0 Å². The Bertz CT molecular complexity index is 355. The van der Waals surface area contributed by atoms with Crippen LogP contribution in [0.4, 0.5) is 10.9 Å². The predicted octanol–water partition coefficient (Wildman–Crippen LogP) is 1.70. The lowest BCUT2D eigenvalue weighted by Gasteiger charge is -1.90. The van der Waals surface area contributed by atoms with Gasteiger partial charge in [0.2, 0.25) is 0 Å². The van der Waals surface area contributed by atoms with Gasteiger partial charge in [0.25, 0.3) is 0 Å². The molecule has 74 valence electrons. The monoisotopic (exact) mass is 208 g/mol. The number of nitrogens with two attached hydrogens (primary N) is 2. The van der Waals surface area contributed by atoms with Gasteiger partial charge < -0.3 is 11.5 Å². The van der Waals surface area contributed by atoms with Crippen LogP contribution in [0.5, 0.6) is 0 Å². The van der Waals surface area contributed by atoms with E-state index in [0.29, 0.717) is 10.9 Å². The van der Waals surface area contributed by atoms with Crippen molar-refractivity contribution in [3.8, 4) is 0 Å². The second kappa shape index (κ2) is 5.18. The van der Waals surface area contributed by atoms with E-state index in [1.807, 2.05) is 24.4 Å². The average molecular weight is 208 g/mol. The Morgan fingerprint density at radius 2 is 2.07 bits per heavy atom. The van der Waals surface area contributed by atoms with E-state index in [-0.39, 0.29) is 0 Å². The maximum atomic E-state index is 5.35. The van der Waals surface area contributed by atoms with Gasteiger partial charge in [0, 0.05) is 17.3 Å². The minimum absolute atomic E-state index is 0.588. The molecular formula is C9H12N4S. The molecule has 0 bridgehead atoms. The van der Waals surface area contributed by atoms with E-state index in [1.165, 1.54) is 11.3 Å². The lowest BCUT2D eigenvalue weighted by molar-refractivity contribution is 1.21. The van der Waals surface area contributed by atoms with Gasteiger partial charge >= 0.3 is 0 Å². The molecule has 0 fully saturated rings. The molecule has 0 spiro atoms. The number of hydrogen-bond acceptors (Lipinski definition) is 5. The molecule has 2 heterocycles. The number of hydrogen-bond donors (Lipinski definition) is 2. The third kappa shape index (κ3) is 3.86.